The number of anilines is 1. The zero-order valence-electron chi connectivity index (χ0n) is 11.7. The molecule has 0 amide bonds. The number of aromatic nitrogens is 1. The Kier molecular flexibility index (Phi) is 3.92. The van der Waals surface area contributed by atoms with Crippen molar-refractivity contribution >= 4 is 17.2 Å². The molecule has 2 heterocycles. The third-order valence-corrected chi connectivity index (χ3v) is 4.24. The van der Waals surface area contributed by atoms with E-state index in [1.54, 1.807) is 18.4 Å². The Labute approximate surface area is 127 Å². The first kappa shape index (κ1) is 13.7. The quantitative estimate of drug-likeness (QED) is 0.779. The van der Waals surface area contributed by atoms with Gasteiger partial charge in [0.15, 0.2) is 5.82 Å². The molecule has 0 radical (unpaired) electrons. The molecule has 0 unspecified atom stereocenters. The second-order valence-corrected chi connectivity index (χ2v) is 5.64. The van der Waals surface area contributed by atoms with Crippen molar-refractivity contribution in [1.82, 2.24) is 5.16 Å². The molecule has 0 fully saturated rings. The molecule has 0 spiro atoms. The summed E-state index contributed by atoms with van der Waals surface area (Å²) in [7, 11) is 1.67. The fourth-order valence-corrected chi connectivity index (χ4v) is 3.04. The molecular weight excluding hydrogens is 284 g/mol. The predicted octanol–water partition coefficient (Wildman–Crippen LogP) is 3.78. The highest BCUT2D eigenvalue weighted by Gasteiger charge is 2.16. The minimum atomic E-state index is 0.460. The molecule has 0 atom stereocenters. The highest BCUT2D eigenvalue weighted by Crippen LogP contribution is 2.33. The zero-order valence-corrected chi connectivity index (χ0v) is 12.5. The monoisotopic (exact) mass is 300 g/mol. The number of aryl methyl sites for hydroxylation is 2. The predicted molar refractivity (Wildman–Crippen MR) is 84.6 cm³/mol. The maximum absolute atomic E-state index is 5.92. The van der Waals surface area contributed by atoms with E-state index >= 15 is 0 Å². The Morgan fingerprint density at radius 2 is 2.00 bits per heavy atom. The van der Waals surface area contributed by atoms with E-state index in [1.807, 2.05) is 29.6 Å². The molecule has 0 aliphatic rings. The number of ether oxygens (including phenoxy) is 1. The zero-order chi connectivity index (χ0) is 14.7. The molecule has 0 aliphatic carbocycles. The molecule has 2 aromatic heterocycles. The minimum Gasteiger partial charge on any atom is -0.497 e. The van der Waals surface area contributed by atoms with Crippen LogP contribution in [-0.4, -0.2) is 12.3 Å². The molecule has 0 aliphatic heterocycles. The van der Waals surface area contributed by atoms with Gasteiger partial charge in [0.25, 0.3) is 0 Å². The molecule has 0 saturated heterocycles. The van der Waals surface area contributed by atoms with Gasteiger partial charge < -0.3 is 15.0 Å². The second-order valence-electron chi connectivity index (χ2n) is 4.69. The number of hydrogen-bond acceptors (Lipinski definition) is 5. The van der Waals surface area contributed by atoms with Crippen LogP contribution in [0.15, 0.2) is 46.3 Å². The lowest BCUT2D eigenvalue weighted by molar-refractivity contribution is 0.386. The summed E-state index contributed by atoms with van der Waals surface area (Å²) in [6.45, 7) is 0. The fourth-order valence-electron chi connectivity index (χ4n) is 2.24. The average Bonchev–Trinajstić information content (AvgIpc) is 3.15. The molecule has 0 saturated carbocycles. The van der Waals surface area contributed by atoms with E-state index in [9.17, 15) is 0 Å². The Hall–Kier alpha value is -2.27. The van der Waals surface area contributed by atoms with Crippen molar-refractivity contribution in [3.05, 3.63) is 53.1 Å². The van der Waals surface area contributed by atoms with Gasteiger partial charge in [0, 0.05) is 11.3 Å². The topological polar surface area (TPSA) is 61.3 Å². The number of methoxy groups -OCH3 is 1. The van der Waals surface area contributed by atoms with Crippen LogP contribution in [-0.2, 0) is 12.8 Å². The van der Waals surface area contributed by atoms with Gasteiger partial charge in [0.05, 0.1) is 12.7 Å². The van der Waals surface area contributed by atoms with Crippen molar-refractivity contribution in [3.63, 3.8) is 0 Å². The van der Waals surface area contributed by atoms with Gasteiger partial charge in [-0.05, 0) is 35.6 Å². The molecule has 2 N–H and O–H groups in total. The molecule has 0 bridgehead atoms. The van der Waals surface area contributed by atoms with Crippen molar-refractivity contribution in [2.75, 3.05) is 12.8 Å². The number of rotatable bonds is 5. The normalized spacial score (nSPS) is 10.7. The molecule has 3 rings (SSSR count). The lowest BCUT2D eigenvalue weighted by atomic mass is 10.1. The van der Waals surface area contributed by atoms with E-state index in [-0.39, 0.29) is 0 Å². The summed E-state index contributed by atoms with van der Waals surface area (Å²) in [6.07, 6.45) is 1.64. The van der Waals surface area contributed by atoms with Crippen molar-refractivity contribution < 1.29 is 9.26 Å². The van der Waals surface area contributed by atoms with Gasteiger partial charge in [-0.1, -0.05) is 23.4 Å². The Bertz CT molecular complexity index is 702. The first-order valence-electron chi connectivity index (χ1n) is 6.68. The number of benzene rings is 1. The SMILES string of the molecule is COc1ccc(CCc2onc(N)c2-c2cccs2)cc1. The number of nitrogens with two attached hydrogens (primary N) is 1. The van der Waals surface area contributed by atoms with Crippen LogP contribution in [0.1, 0.15) is 11.3 Å². The van der Waals surface area contributed by atoms with Gasteiger partial charge >= 0.3 is 0 Å². The molecule has 3 aromatic rings. The van der Waals surface area contributed by atoms with Crippen LogP contribution in [0.25, 0.3) is 10.4 Å². The summed E-state index contributed by atoms with van der Waals surface area (Å²) in [4.78, 5) is 1.10. The van der Waals surface area contributed by atoms with Crippen molar-refractivity contribution in [3.8, 4) is 16.2 Å². The largest absolute Gasteiger partial charge is 0.497 e. The highest BCUT2D eigenvalue weighted by molar-refractivity contribution is 7.13. The summed E-state index contributed by atoms with van der Waals surface area (Å²) in [6, 6.07) is 12.1. The number of hydrogen-bond donors (Lipinski definition) is 1. The Morgan fingerprint density at radius 1 is 1.19 bits per heavy atom. The molecule has 4 nitrogen and oxygen atoms in total. The second kappa shape index (κ2) is 6.01. The third-order valence-electron chi connectivity index (χ3n) is 3.36. The third kappa shape index (κ3) is 2.92. The Balaban J connectivity index is 1.76. The van der Waals surface area contributed by atoms with Crippen LogP contribution >= 0.6 is 11.3 Å². The summed E-state index contributed by atoms with van der Waals surface area (Å²) in [5.41, 5.74) is 8.08. The van der Waals surface area contributed by atoms with Gasteiger partial charge in [-0.2, -0.15) is 0 Å². The van der Waals surface area contributed by atoms with E-state index in [0.29, 0.717) is 5.82 Å². The lowest BCUT2D eigenvalue weighted by Gasteiger charge is -2.03. The van der Waals surface area contributed by atoms with Crippen LogP contribution in [0.4, 0.5) is 5.82 Å². The highest BCUT2D eigenvalue weighted by atomic mass is 32.1. The Morgan fingerprint density at radius 3 is 2.67 bits per heavy atom. The maximum atomic E-state index is 5.92. The van der Waals surface area contributed by atoms with Gasteiger partial charge in [-0.3, -0.25) is 0 Å². The van der Waals surface area contributed by atoms with Gasteiger partial charge in [-0.15, -0.1) is 11.3 Å². The van der Waals surface area contributed by atoms with Gasteiger partial charge in [-0.25, -0.2) is 0 Å². The standard InChI is InChI=1S/C16H16N2O2S/c1-19-12-7-4-11(5-8-12)6-9-13-15(16(17)18-20-13)14-3-2-10-21-14/h2-5,7-8,10H,6,9H2,1H3,(H2,17,18). The number of nitrogen functional groups attached to an aromatic ring is 1. The number of thiophene rings is 1. The van der Waals surface area contributed by atoms with Gasteiger partial charge in [0.2, 0.25) is 0 Å². The molecule has 21 heavy (non-hydrogen) atoms. The van der Waals surface area contributed by atoms with E-state index in [1.165, 1.54) is 5.56 Å². The van der Waals surface area contributed by atoms with E-state index in [0.717, 1.165) is 34.8 Å². The maximum Gasteiger partial charge on any atom is 0.175 e. The average molecular weight is 300 g/mol. The summed E-state index contributed by atoms with van der Waals surface area (Å²) >= 11 is 1.64. The first-order chi connectivity index (χ1) is 10.3. The van der Waals surface area contributed by atoms with Crippen LogP contribution in [0.5, 0.6) is 5.75 Å². The van der Waals surface area contributed by atoms with Crippen molar-refractivity contribution in [2.45, 2.75) is 12.8 Å². The summed E-state index contributed by atoms with van der Waals surface area (Å²) in [5, 5.41) is 5.92. The van der Waals surface area contributed by atoms with Crippen LogP contribution in [0.2, 0.25) is 0 Å². The van der Waals surface area contributed by atoms with Crippen LogP contribution in [0, 0.1) is 0 Å². The van der Waals surface area contributed by atoms with Crippen LogP contribution < -0.4 is 10.5 Å². The van der Waals surface area contributed by atoms with Gasteiger partial charge in [0.1, 0.15) is 11.5 Å². The number of nitrogens with zero attached hydrogens (tertiary/aromatic N) is 1. The van der Waals surface area contributed by atoms with E-state index in [2.05, 4.69) is 17.3 Å². The van der Waals surface area contributed by atoms with Crippen molar-refractivity contribution in [1.29, 1.82) is 0 Å². The first-order valence-corrected chi connectivity index (χ1v) is 7.56. The van der Waals surface area contributed by atoms with E-state index in [4.69, 9.17) is 15.0 Å². The summed E-state index contributed by atoms with van der Waals surface area (Å²) in [5.74, 6) is 2.16. The molecular formula is C16H16N2O2S. The van der Waals surface area contributed by atoms with Crippen LogP contribution in [0.3, 0.4) is 0 Å². The van der Waals surface area contributed by atoms with E-state index < -0.39 is 0 Å². The minimum absolute atomic E-state index is 0.460. The molecule has 108 valence electrons. The van der Waals surface area contributed by atoms with Crippen molar-refractivity contribution in [2.24, 2.45) is 0 Å². The fraction of sp³-hybridized carbons (Fsp3) is 0.188. The molecule has 1 aromatic carbocycles. The lowest BCUT2D eigenvalue weighted by Crippen LogP contribution is -1.93. The smallest absolute Gasteiger partial charge is 0.175 e. The molecule has 5 heteroatoms. The summed E-state index contributed by atoms with van der Waals surface area (Å²) < 4.78 is 10.6.